The minimum absolute atomic E-state index is 0.0898. The third-order valence-corrected chi connectivity index (χ3v) is 5.06. The first-order chi connectivity index (χ1) is 12.4. The number of rotatable bonds is 6. The highest BCUT2D eigenvalue weighted by molar-refractivity contribution is 7.99. The number of thioether (sulfide) groups is 1. The maximum absolute atomic E-state index is 12.9. The quantitative estimate of drug-likeness (QED) is 0.673. The highest BCUT2D eigenvalue weighted by Crippen LogP contribution is 2.17. The summed E-state index contributed by atoms with van der Waals surface area (Å²) in [5, 5.41) is 7.79. The summed E-state index contributed by atoms with van der Waals surface area (Å²) in [4.78, 5) is 20.8. The molecule has 0 atom stereocenters. The third-order valence-electron chi connectivity index (χ3n) is 4.22. The molecule has 8 heteroatoms. The molecule has 6 nitrogen and oxygen atoms in total. The van der Waals surface area contributed by atoms with Gasteiger partial charge >= 0.3 is 0 Å². The zero-order valence-corrected chi connectivity index (χ0v) is 15.7. The molecule has 0 fully saturated rings. The van der Waals surface area contributed by atoms with E-state index in [1.54, 1.807) is 16.6 Å². The Labute approximate surface area is 155 Å². The summed E-state index contributed by atoms with van der Waals surface area (Å²) in [5.41, 5.74) is 3.99. The van der Waals surface area contributed by atoms with Gasteiger partial charge in [0, 0.05) is 17.9 Å². The van der Waals surface area contributed by atoms with Crippen molar-refractivity contribution in [2.45, 2.75) is 32.3 Å². The van der Waals surface area contributed by atoms with Crippen LogP contribution in [0.3, 0.4) is 0 Å². The smallest absolute Gasteiger partial charge is 0.253 e. The van der Waals surface area contributed by atoms with E-state index >= 15 is 0 Å². The summed E-state index contributed by atoms with van der Waals surface area (Å²) in [6, 6.07) is 6.27. The van der Waals surface area contributed by atoms with Crippen LogP contribution in [-0.4, -0.2) is 37.8 Å². The molecule has 2 heterocycles. The molecule has 136 valence electrons. The topological polar surface area (TPSA) is 72.2 Å². The fraction of sp³-hybridized carbons (Fsp3) is 0.333. The van der Waals surface area contributed by atoms with E-state index in [1.165, 1.54) is 23.9 Å². The van der Waals surface area contributed by atoms with Gasteiger partial charge in [0.25, 0.3) is 5.78 Å². The van der Waals surface area contributed by atoms with Gasteiger partial charge in [-0.25, -0.2) is 13.9 Å². The first-order valence-corrected chi connectivity index (χ1v) is 9.27. The molecule has 0 bridgehead atoms. The van der Waals surface area contributed by atoms with E-state index in [9.17, 15) is 9.18 Å². The lowest BCUT2D eigenvalue weighted by Gasteiger charge is -2.04. The van der Waals surface area contributed by atoms with Gasteiger partial charge in [-0.15, -0.1) is 5.10 Å². The number of halogens is 1. The molecule has 1 aromatic carbocycles. The van der Waals surface area contributed by atoms with Gasteiger partial charge in [-0.3, -0.25) is 4.79 Å². The van der Waals surface area contributed by atoms with E-state index < -0.39 is 0 Å². The number of amides is 1. The van der Waals surface area contributed by atoms with Crippen molar-refractivity contribution < 1.29 is 9.18 Å². The first kappa shape index (κ1) is 18.3. The minimum Gasteiger partial charge on any atom is -0.355 e. The van der Waals surface area contributed by atoms with Crippen molar-refractivity contribution in [3.8, 4) is 0 Å². The Kier molecular flexibility index (Phi) is 5.51. The van der Waals surface area contributed by atoms with Crippen molar-refractivity contribution in [1.29, 1.82) is 0 Å². The molecule has 2 aromatic heterocycles. The number of fused-ring (bicyclic) bond motifs is 1. The van der Waals surface area contributed by atoms with E-state index in [0.29, 0.717) is 23.9 Å². The Balaban J connectivity index is 1.52. The molecular weight excluding hydrogens is 353 g/mol. The van der Waals surface area contributed by atoms with Crippen LogP contribution in [0.25, 0.3) is 5.78 Å². The Hall–Kier alpha value is -2.48. The lowest BCUT2D eigenvalue weighted by atomic mass is 10.1. The van der Waals surface area contributed by atoms with Gasteiger partial charge in [0.1, 0.15) is 5.82 Å². The number of carbonyl (C=O) groups excluding carboxylic acids is 1. The van der Waals surface area contributed by atoms with E-state index in [1.807, 2.05) is 20.8 Å². The van der Waals surface area contributed by atoms with Crippen LogP contribution in [0.2, 0.25) is 0 Å². The van der Waals surface area contributed by atoms with E-state index in [-0.39, 0.29) is 17.5 Å². The molecule has 0 saturated heterocycles. The zero-order chi connectivity index (χ0) is 18.7. The molecule has 0 aliphatic heterocycles. The maximum atomic E-state index is 12.9. The summed E-state index contributed by atoms with van der Waals surface area (Å²) >= 11 is 1.28. The minimum atomic E-state index is -0.260. The van der Waals surface area contributed by atoms with Crippen LogP contribution in [0.4, 0.5) is 4.39 Å². The maximum Gasteiger partial charge on any atom is 0.253 e. The van der Waals surface area contributed by atoms with Crippen LogP contribution in [0.15, 0.2) is 29.4 Å². The summed E-state index contributed by atoms with van der Waals surface area (Å²) < 4.78 is 14.6. The van der Waals surface area contributed by atoms with Crippen LogP contribution in [0, 0.1) is 26.6 Å². The molecule has 3 rings (SSSR count). The van der Waals surface area contributed by atoms with Crippen LogP contribution in [0.1, 0.15) is 22.5 Å². The van der Waals surface area contributed by atoms with E-state index in [4.69, 9.17) is 0 Å². The molecule has 0 radical (unpaired) electrons. The van der Waals surface area contributed by atoms with Crippen LogP contribution < -0.4 is 5.32 Å². The molecule has 0 aliphatic carbocycles. The van der Waals surface area contributed by atoms with Crippen molar-refractivity contribution in [1.82, 2.24) is 24.9 Å². The molecule has 0 spiro atoms. The number of nitrogens with one attached hydrogen (secondary N) is 1. The number of hydrogen-bond donors (Lipinski definition) is 1. The first-order valence-electron chi connectivity index (χ1n) is 8.28. The monoisotopic (exact) mass is 373 g/mol. The van der Waals surface area contributed by atoms with Gasteiger partial charge in [0.05, 0.1) is 5.75 Å². The molecule has 3 aromatic rings. The number of aromatic nitrogens is 4. The summed E-state index contributed by atoms with van der Waals surface area (Å²) in [6.07, 6.45) is 0.658. The molecular formula is C18H20FN5OS. The average molecular weight is 373 g/mol. The number of carbonyl (C=O) groups is 1. The van der Waals surface area contributed by atoms with Crippen molar-refractivity contribution in [3.63, 3.8) is 0 Å². The molecule has 1 N–H and O–H groups in total. The highest BCUT2D eigenvalue weighted by atomic mass is 32.2. The fourth-order valence-corrected chi connectivity index (χ4v) is 3.12. The van der Waals surface area contributed by atoms with Crippen LogP contribution in [-0.2, 0) is 11.2 Å². The average Bonchev–Trinajstić information content (AvgIpc) is 3.03. The Morgan fingerprint density at radius 1 is 1.19 bits per heavy atom. The Morgan fingerprint density at radius 2 is 1.92 bits per heavy atom. The largest absolute Gasteiger partial charge is 0.355 e. The second-order valence-electron chi connectivity index (χ2n) is 6.03. The SMILES string of the molecule is Cc1nc2nc(SCC(=O)NCCc3ccc(F)cc3)nn2c(C)c1C. The third kappa shape index (κ3) is 4.19. The van der Waals surface area contributed by atoms with E-state index in [2.05, 4.69) is 20.4 Å². The predicted molar refractivity (Wildman–Crippen MR) is 98.8 cm³/mol. The second-order valence-corrected chi connectivity index (χ2v) is 6.97. The Bertz CT molecular complexity index is 939. The van der Waals surface area contributed by atoms with Gasteiger partial charge in [-0.2, -0.15) is 4.98 Å². The second kappa shape index (κ2) is 7.82. The van der Waals surface area contributed by atoms with Crippen molar-refractivity contribution in [2.75, 3.05) is 12.3 Å². The highest BCUT2D eigenvalue weighted by Gasteiger charge is 2.12. The Morgan fingerprint density at radius 3 is 2.65 bits per heavy atom. The standard InChI is InChI=1S/C18H20FN5OS/c1-11-12(2)21-17-22-18(23-24(17)13(11)3)26-10-16(25)20-9-8-14-4-6-15(19)7-5-14/h4-7H,8-10H2,1-3H3,(H,20,25). The normalized spacial score (nSPS) is 11.1. The number of benzene rings is 1. The van der Waals surface area contributed by atoms with Crippen LogP contribution in [0.5, 0.6) is 0 Å². The van der Waals surface area contributed by atoms with E-state index in [0.717, 1.165) is 22.5 Å². The lowest BCUT2D eigenvalue weighted by Crippen LogP contribution is -2.27. The van der Waals surface area contributed by atoms with Gasteiger partial charge in [0.15, 0.2) is 0 Å². The molecule has 0 aliphatic rings. The molecule has 26 heavy (non-hydrogen) atoms. The van der Waals surface area contributed by atoms with Crippen LogP contribution >= 0.6 is 11.8 Å². The number of hydrogen-bond acceptors (Lipinski definition) is 5. The van der Waals surface area contributed by atoms with Crippen molar-refractivity contribution >= 4 is 23.4 Å². The van der Waals surface area contributed by atoms with Gasteiger partial charge < -0.3 is 5.32 Å². The molecule has 1 amide bonds. The summed E-state index contributed by atoms with van der Waals surface area (Å²) in [6.45, 7) is 6.42. The van der Waals surface area contributed by atoms with Crippen molar-refractivity contribution in [3.05, 3.63) is 52.6 Å². The van der Waals surface area contributed by atoms with Crippen molar-refractivity contribution in [2.24, 2.45) is 0 Å². The van der Waals surface area contributed by atoms with Gasteiger partial charge in [0.2, 0.25) is 11.1 Å². The lowest BCUT2D eigenvalue weighted by molar-refractivity contribution is -0.118. The summed E-state index contributed by atoms with van der Waals surface area (Å²) in [5.74, 6) is 0.430. The van der Waals surface area contributed by atoms with Gasteiger partial charge in [-0.1, -0.05) is 23.9 Å². The number of aryl methyl sites for hydroxylation is 2. The van der Waals surface area contributed by atoms with Gasteiger partial charge in [-0.05, 0) is 50.5 Å². The zero-order valence-electron chi connectivity index (χ0n) is 14.9. The number of nitrogens with zero attached hydrogens (tertiary/aromatic N) is 4. The summed E-state index contributed by atoms with van der Waals surface area (Å²) in [7, 11) is 0. The molecule has 0 saturated carbocycles. The molecule has 0 unspecified atom stereocenters. The fourth-order valence-electron chi connectivity index (χ4n) is 2.48. The predicted octanol–water partition coefficient (Wildman–Crippen LogP) is 2.64.